The fourth-order valence-electron chi connectivity index (χ4n) is 3.07. The number of rotatable bonds is 6. The molecular formula is C22H20F2N6O2. The number of pyridine rings is 1. The maximum absolute atomic E-state index is 12.9. The second-order valence-electron chi connectivity index (χ2n) is 7.19. The van der Waals surface area contributed by atoms with Crippen LogP contribution in [-0.4, -0.2) is 45.0 Å². The molecule has 4 rings (SSSR count). The van der Waals surface area contributed by atoms with Gasteiger partial charge < -0.3 is 15.4 Å². The van der Waals surface area contributed by atoms with Crippen molar-refractivity contribution in [1.82, 2.24) is 24.7 Å². The molecule has 8 nitrogen and oxygen atoms in total. The van der Waals surface area contributed by atoms with E-state index in [1.807, 2.05) is 28.8 Å². The van der Waals surface area contributed by atoms with Gasteiger partial charge in [-0.05, 0) is 24.3 Å². The summed E-state index contributed by atoms with van der Waals surface area (Å²) in [5.41, 5.74) is 3.56. The number of hydrogen-bond acceptors (Lipinski definition) is 5. The Morgan fingerprint density at radius 3 is 2.59 bits per heavy atom. The van der Waals surface area contributed by atoms with Crippen LogP contribution in [0.4, 0.5) is 19.3 Å². The molecule has 0 radical (unpaired) electrons. The topological polar surface area (TPSA) is 93.4 Å². The summed E-state index contributed by atoms with van der Waals surface area (Å²) in [6.07, 6.45) is 6.77. The van der Waals surface area contributed by atoms with E-state index in [-0.39, 0.29) is 0 Å². The summed E-state index contributed by atoms with van der Waals surface area (Å²) in [6.45, 7) is -0.00313. The average molecular weight is 438 g/mol. The second-order valence-corrected chi connectivity index (χ2v) is 7.19. The van der Waals surface area contributed by atoms with Gasteiger partial charge in [0.2, 0.25) is 0 Å². The molecule has 0 bridgehead atoms. The van der Waals surface area contributed by atoms with E-state index in [2.05, 4.69) is 25.6 Å². The molecule has 0 unspecified atom stereocenters. The Morgan fingerprint density at radius 2 is 1.88 bits per heavy atom. The van der Waals surface area contributed by atoms with Crippen molar-refractivity contribution in [3.05, 3.63) is 61.2 Å². The third-order valence-electron chi connectivity index (χ3n) is 4.61. The molecule has 32 heavy (non-hydrogen) atoms. The number of amides is 2. The van der Waals surface area contributed by atoms with Gasteiger partial charge in [0.05, 0.1) is 37.9 Å². The van der Waals surface area contributed by atoms with Crippen LogP contribution in [0.3, 0.4) is 0 Å². The van der Waals surface area contributed by atoms with Crippen molar-refractivity contribution in [2.45, 2.75) is 12.8 Å². The monoisotopic (exact) mass is 438 g/mol. The summed E-state index contributed by atoms with van der Waals surface area (Å²) in [5.74, 6) is -1.86. The smallest absolute Gasteiger partial charge is 0.319 e. The zero-order valence-electron chi connectivity index (χ0n) is 17.3. The molecule has 164 valence electrons. The Bertz CT molecular complexity index is 1250. The largest absolute Gasteiger partial charge is 0.494 e. The van der Waals surface area contributed by atoms with Crippen molar-refractivity contribution in [2.75, 3.05) is 19.0 Å². The van der Waals surface area contributed by atoms with E-state index in [9.17, 15) is 13.6 Å². The Balaban J connectivity index is 1.56. The lowest BCUT2D eigenvalue weighted by Gasteiger charge is -2.12. The molecule has 3 heterocycles. The van der Waals surface area contributed by atoms with Crippen LogP contribution in [0.2, 0.25) is 0 Å². The Labute approximate surface area is 182 Å². The number of aromatic nitrogens is 4. The summed E-state index contributed by atoms with van der Waals surface area (Å²) < 4.78 is 32.8. The Kier molecular flexibility index (Phi) is 5.67. The minimum Gasteiger partial charge on any atom is -0.494 e. The van der Waals surface area contributed by atoms with Crippen molar-refractivity contribution in [1.29, 1.82) is 0 Å². The van der Waals surface area contributed by atoms with Gasteiger partial charge in [0.1, 0.15) is 5.65 Å². The lowest BCUT2D eigenvalue weighted by atomic mass is 10.1. The van der Waals surface area contributed by atoms with E-state index >= 15 is 0 Å². The fourth-order valence-corrected chi connectivity index (χ4v) is 3.07. The highest BCUT2D eigenvalue weighted by Gasteiger charge is 2.21. The third kappa shape index (κ3) is 4.80. The molecule has 0 aliphatic heterocycles. The van der Waals surface area contributed by atoms with Crippen LogP contribution in [-0.2, 0) is 0 Å². The number of fused-ring (bicyclic) bond motifs is 1. The highest BCUT2D eigenvalue weighted by molar-refractivity contribution is 5.90. The quantitative estimate of drug-likeness (QED) is 0.470. The van der Waals surface area contributed by atoms with Crippen molar-refractivity contribution in [2.24, 2.45) is 0 Å². The highest BCUT2D eigenvalue weighted by atomic mass is 19.3. The van der Waals surface area contributed by atoms with E-state index in [1.54, 1.807) is 43.9 Å². The van der Waals surface area contributed by atoms with Gasteiger partial charge in [-0.15, -0.1) is 0 Å². The summed E-state index contributed by atoms with van der Waals surface area (Å²) in [5, 5.41) is 4.71. The maximum Gasteiger partial charge on any atom is 0.319 e. The van der Waals surface area contributed by atoms with Crippen molar-refractivity contribution < 1.29 is 18.3 Å². The predicted molar refractivity (Wildman–Crippen MR) is 116 cm³/mol. The number of anilines is 1. The van der Waals surface area contributed by atoms with Gasteiger partial charge >= 0.3 is 6.03 Å². The first kappa shape index (κ1) is 21.2. The van der Waals surface area contributed by atoms with Gasteiger partial charge in [0, 0.05) is 29.9 Å². The molecule has 0 spiro atoms. The van der Waals surface area contributed by atoms with Crippen LogP contribution in [0.15, 0.2) is 61.2 Å². The van der Waals surface area contributed by atoms with E-state index < -0.39 is 18.5 Å². The van der Waals surface area contributed by atoms with Crippen molar-refractivity contribution in [3.8, 4) is 28.4 Å². The molecule has 0 fully saturated rings. The molecular weight excluding hydrogens is 418 g/mol. The zero-order valence-corrected chi connectivity index (χ0v) is 17.3. The number of urea groups is 1. The summed E-state index contributed by atoms with van der Waals surface area (Å²) in [4.78, 5) is 24.9. The number of imidazole rings is 1. The molecule has 0 saturated heterocycles. The maximum atomic E-state index is 12.9. The number of hydrogen-bond donors (Lipinski definition) is 2. The van der Waals surface area contributed by atoms with E-state index in [1.165, 1.54) is 0 Å². The zero-order chi connectivity index (χ0) is 22.7. The molecule has 10 heteroatoms. The molecule has 0 aliphatic carbocycles. The number of alkyl halides is 2. The number of nitrogens with zero attached hydrogens (tertiary/aromatic N) is 4. The molecule has 4 aromatic rings. The van der Waals surface area contributed by atoms with Crippen molar-refractivity contribution in [3.63, 3.8) is 0 Å². The van der Waals surface area contributed by atoms with Crippen molar-refractivity contribution >= 4 is 17.4 Å². The highest BCUT2D eigenvalue weighted by Crippen LogP contribution is 2.26. The standard InChI is InChI=1S/C22H20F2N6O2/c1-22(23,24)13-28-21(31)29-16-5-3-4-14(8-16)18-12-25-19-9-15(6-7-30(18)19)20-26-10-17(32-2)11-27-20/h3-12H,13H2,1-2H3,(H2,28,29,31). The van der Waals surface area contributed by atoms with E-state index in [0.29, 0.717) is 22.9 Å². The normalized spacial score (nSPS) is 11.4. The number of carbonyl (C=O) groups excluding carboxylic acids is 1. The molecule has 3 aromatic heterocycles. The number of halogens is 2. The predicted octanol–water partition coefficient (Wildman–Crippen LogP) is 4.24. The van der Waals surface area contributed by atoms with Gasteiger partial charge in [0.15, 0.2) is 11.6 Å². The number of benzene rings is 1. The Hall–Kier alpha value is -4.08. The first-order chi connectivity index (χ1) is 15.3. The summed E-state index contributed by atoms with van der Waals surface area (Å²) >= 11 is 0. The lowest BCUT2D eigenvalue weighted by Crippen LogP contribution is -2.37. The summed E-state index contributed by atoms with van der Waals surface area (Å²) in [7, 11) is 1.55. The van der Waals surface area contributed by atoms with Crippen LogP contribution in [0.1, 0.15) is 6.92 Å². The second kappa shape index (κ2) is 8.58. The third-order valence-corrected chi connectivity index (χ3v) is 4.61. The fraction of sp³-hybridized carbons (Fsp3) is 0.182. The first-order valence-electron chi connectivity index (χ1n) is 9.69. The molecule has 0 saturated carbocycles. The minimum absolute atomic E-state index is 0.470. The van der Waals surface area contributed by atoms with Gasteiger partial charge in [-0.25, -0.2) is 28.5 Å². The van der Waals surface area contributed by atoms with Crippen LogP contribution in [0.25, 0.3) is 28.3 Å². The minimum atomic E-state index is -2.98. The van der Waals surface area contributed by atoms with Crippen LogP contribution >= 0.6 is 0 Å². The van der Waals surface area contributed by atoms with Gasteiger partial charge in [-0.1, -0.05) is 12.1 Å². The average Bonchev–Trinajstić information content (AvgIpc) is 3.21. The molecule has 2 N–H and O–H groups in total. The number of methoxy groups -OCH3 is 1. The first-order valence-corrected chi connectivity index (χ1v) is 9.69. The van der Waals surface area contributed by atoms with E-state index in [0.717, 1.165) is 23.7 Å². The van der Waals surface area contributed by atoms with Crippen LogP contribution < -0.4 is 15.4 Å². The SMILES string of the molecule is COc1cnc(-c2ccn3c(-c4cccc(NC(=O)NCC(C)(F)F)c4)cnc3c2)nc1. The number of carbonyl (C=O) groups is 1. The van der Waals surface area contributed by atoms with Crippen LogP contribution in [0.5, 0.6) is 5.75 Å². The van der Waals surface area contributed by atoms with Gasteiger partial charge in [-0.2, -0.15) is 0 Å². The Morgan fingerprint density at radius 1 is 1.09 bits per heavy atom. The van der Waals surface area contributed by atoms with Gasteiger partial charge in [0.25, 0.3) is 5.92 Å². The molecule has 1 aromatic carbocycles. The molecule has 0 atom stereocenters. The summed E-state index contributed by atoms with van der Waals surface area (Å²) in [6, 6.07) is 10.1. The van der Waals surface area contributed by atoms with E-state index in [4.69, 9.17) is 4.74 Å². The molecule has 0 aliphatic rings. The van der Waals surface area contributed by atoms with Crippen LogP contribution in [0, 0.1) is 0 Å². The number of nitrogens with one attached hydrogen (secondary N) is 2. The lowest BCUT2D eigenvalue weighted by molar-refractivity contribution is 0.0257. The molecule has 2 amide bonds. The number of ether oxygens (including phenoxy) is 1. The van der Waals surface area contributed by atoms with Gasteiger partial charge in [-0.3, -0.25) is 4.40 Å².